The zero-order valence-corrected chi connectivity index (χ0v) is 10.7. The molecule has 0 spiro atoms. The van der Waals surface area contributed by atoms with Crippen LogP contribution >= 0.6 is 0 Å². The standard InChI is InChI=1S/C14H19N3O/c1-2-8-16-10-11-17(14(16)18)9-7-12-3-5-13(15)6-4-12/h3-6,10-11H,2,7-9,15H2,1H3. The van der Waals surface area contributed by atoms with Crippen LogP contribution in [0.1, 0.15) is 18.9 Å². The maximum absolute atomic E-state index is 11.9. The van der Waals surface area contributed by atoms with E-state index in [1.165, 1.54) is 5.56 Å². The van der Waals surface area contributed by atoms with Gasteiger partial charge in [0.25, 0.3) is 0 Å². The summed E-state index contributed by atoms with van der Waals surface area (Å²) < 4.78 is 3.51. The van der Waals surface area contributed by atoms with E-state index in [1.807, 2.05) is 36.7 Å². The third kappa shape index (κ3) is 2.83. The Morgan fingerprint density at radius 3 is 2.28 bits per heavy atom. The Hall–Kier alpha value is -1.97. The van der Waals surface area contributed by atoms with Crippen LogP contribution in [0.25, 0.3) is 0 Å². The zero-order chi connectivity index (χ0) is 13.0. The molecule has 4 heteroatoms. The molecule has 0 bridgehead atoms. The largest absolute Gasteiger partial charge is 0.399 e. The maximum atomic E-state index is 11.9. The Bertz CT molecular complexity index is 551. The van der Waals surface area contributed by atoms with Crippen molar-refractivity contribution in [3.63, 3.8) is 0 Å². The highest BCUT2D eigenvalue weighted by Crippen LogP contribution is 2.06. The Labute approximate surface area is 107 Å². The van der Waals surface area contributed by atoms with Gasteiger partial charge in [-0.1, -0.05) is 19.1 Å². The monoisotopic (exact) mass is 245 g/mol. The highest BCUT2D eigenvalue weighted by Gasteiger charge is 2.02. The van der Waals surface area contributed by atoms with Crippen LogP contribution in [0.3, 0.4) is 0 Å². The van der Waals surface area contributed by atoms with Crippen LogP contribution in [-0.4, -0.2) is 9.13 Å². The highest BCUT2D eigenvalue weighted by atomic mass is 16.1. The Kier molecular flexibility index (Phi) is 3.87. The van der Waals surface area contributed by atoms with Crippen molar-refractivity contribution < 1.29 is 0 Å². The minimum Gasteiger partial charge on any atom is -0.399 e. The smallest absolute Gasteiger partial charge is 0.328 e. The molecule has 4 nitrogen and oxygen atoms in total. The molecule has 1 aromatic heterocycles. The summed E-state index contributed by atoms with van der Waals surface area (Å²) in [4.78, 5) is 11.9. The number of nitrogen functional groups attached to an aromatic ring is 1. The van der Waals surface area contributed by atoms with Crippen molar-refractivity contribution in [2.24, 2.45) is 0 Å². The lowest BCUT2D eigenvalue weighted by atomic mass is 10.1. The fourth-order valence-corrected chi connectivity index (χ4v) is 1.97. The van der Waals surface area contributed by atoms with Crippen LogP contribution in [0.4, 0.5) is 5.69 Å². The van der Waals surface area contributed by atoms with Gasteiger partial charge in [-0.05, 0) is 30.5 Å². The van der Waals surface area contributed by atoms with Crippen molar-refractivity contribution in [2.75, 3.05) is 5.73 Å². The average Bonchev–Trinajstić information content (AvgIpc) is 2.71. The van der Waals surface area contributed by atoms with Crippen molar-refractivity contribution in [3.8, 4) is 0 Å². The van der Waals surface area contributed by atoms with Gasteiger partial charge in [0, 0.05) is 31.2 Å². The van der Waals surface area contributed by atoms with Crippen LogP contribution in [0.15, 0.2) is 41.5 Å². The molecular weight excluding hydrogens is 226 g/mol. The van der Waals surface area contributed by atoms with E-state index in [-0.39, 0.29) is 5.69 Å². The zero-order valence-electron chi connectivity index (χ0n) is 10.7. The van der Waals surface area contributed by atoms with Gasteiger partial charge in [-0.2, -0.15) is 0 Å². The van der Waals surface area contributed by atoms with Gasteiger partial charge in [-0.15, -0.1) is 0 Å². The van der Waals surface area contributed by atoms with Gasteiger partial charge in [-0.3, -0.25) is 9.13 Å². The van der Waals surface area contributed by atoms with E-state index in [2.05, 4.69) is 6.92 Å². The molecule has 1 aromatic carbocycles. The van der Waals surface area contributed by atoms with Crippen molar-refractivity contribution in [3.05, 3.63) is 52.7 Å². The number of anilines is 1. The molecule has 0 saturated carbocycles. The molecule has 1 heterocycles. The second-order valence-electron chi connectivity index (χ2n) is 4.46. The van der Waals surface area contributed by atoms with Crippen LogP contribution in [-0.2, 0) is 19.5 Å². The van der Waals surface area contributed by atoms with Gasteiger partial charge >= 0.3 is 5.69 Å². The average molecular weight is 245 g/mol. The van der Waals surface area contributed by atoms with Crippen LogP contribution < -0.4 is 11.4 Å². The summed E-state index contributed by atoms with van der Waals surface area (Å²) in [6, 6.07) is 7.79. The van der Waals surface area contributed by atoms with E-state index in [9.17, 15) is 4.79 Å². The lowest BCUT2D eigenvalue weighted by Crippen LogP contribution is -2.24. The molecule has 2 aromatic rings. The van der Waals surface area contributed by atoms with Crippen LogP contribution in [0, 0.1) is 0 Å². The number of rotatable bonds is 5. The summed E-state index contributed by atoms with van der Waals surface area (Å²) in [5.74, 6) is 0. The molecular formula is C14H19N3O. The molecule has 0 aliphatic heterocycles. The SMILES string of the molecule is CCCn1ccn(CCc2ccc(N)cc2)c1=O. The number of hydrogen-bond acceptors (Lipinski definition) is 2. The van der Waals surface area contributed by atoms with Gasteiger partial charge in [0.15, 0.2) is 0 Å². The molecule has 0 radical (unpaired) electrons. The fourth-order valence-electron chi connectivity index (χ4n) is 1.97. The minimum atomic E-state index is 0.0762. The molecule has 0 unspecified atom stereocenters. The summed E-state index contributed by atoms with van der Waals surface area (Å²) in [5.41, 5.74) is 7.67. The number of benzene rings is 1. The number of aromatic nitrogens is 2. The first-order valence-electron chi connectivity index (χ1n) is 6.30. The third-order valence-corrected chi connectivity index (χ3v) is 3.00. The molecule has 2 N–H and O–H groups in total. The quantitative estimate of drug-likeness (QED) is 0.818. The molecule has 0 atom stereocenters. The van der Waals surface area contributed by atoms with Gasteiger partial charge in [0.2, 0.25) is 0 Å². The van der Waals surface area contributed by atoms with Gasteiger partial charge < -0.3 is 5.73 Å². The van der Waals surface area contributed by atoms with E-state index >= 15 is 0 Å². The van der Waals surface area contributed by atoms with Gasteiger partial charge in [-0.25, -0.2) is 4.79 Å². The van der Waals surface area contributed by atoms with E-state index in [1.54, 1.807) is 9.13 Å². The number of imidazole rings is 1. The lowest BCUT2D eigenvalue weighted by Gasteiger charge is -2.03. The number of nitrogens with two attached hydrogens (primary N) is 1. The van der Waals surface area contributed by atoms with Crippen molar-refractivity contribution in [1.29, 1.82) is 0 Å². The fraction of sp³-hybridized carbons (Fsp3) is 0.357. The second kappa shape index (κ2) is 5.58. The molecule has 0 aliphatic carbocycles. The van der Waals surface area contributed by atoms with E-state index < -0.39 is 0 Å². The molecule has 0 fully saturated rings. The number of hydrogen-bond donors (Lipinski definition) is 1. The Balaban J connectivity index is 2.02. The summed E-state index contributed by atoms with van der Waals surface area (Å²) in [7, 11) is 0. The van der Waals surface area contributed by atoms with E-state index in [0.29, 0.717) is 6.54 Å². The minimum absolute atomic E-state index is 0.0762. The first kappa shape index (κ1) is 12.5. The van der Waals surface area contributed by atoms with Crippen LogP contribution in [0.5, 0.6) is 0 Å². The highest BCUT2D eigenvalue weighted by molar-refractivity contribution is 5.39. The second-order valence-corrected chi connectivity index (χ2v) is 4.46. The first-order valence-corrected chi connectivity index (χ1v) is 6.30. The molecule has 18 heavy (non-hydrogen) atoms. The maximum Gasteiger partial charge on any atom is 0.328 e. The lowest BCUT2D eigenvalue weighted by molar-refractivity contribution is 0.601. The van der Waals surface area contributed by atoms with Gasteiger partial charge in [0.1, 0.15) is 0 Å². The summed E-state index contributed by atoms with van der Waals surface area (Å²) in [5, 5.41) is 0. The van der Waals surface area contributed by atoms with Crippen molar-refractivity contribution in [2.45, 2.75) is 32.9 Å². The Morgan fingerprint density at radius 1 is 1.06 bits per heavy atom. The number of nitrogens with zero attached hydrogens (tertiary/aromatic N) is 2. The normalized spacial score (nSPS) is 10.7. The Morgan fingerprint density at radius 2 is 1.67 bits per heavy atom. The van der Waals surface area contributed by atoms with Gasteiger partial charge in [0.05, 0.1) is 0 Å². The summed E-state index contributed by atoms with van der Waals surface area (Å²) in [6.07, 6.45) is 5.53. The predicted octanol–water partition coefficient (Wildman–Crippen LogP) is 1.88. The molecule has 0 amide bonds. The molecule has 0 saturated heterocycles. The molecule has 0 aliphatic rings. The summed E-state index contributed by atoms with van der Waals surface area (Å²) >= 11 is 0. The van der Waals surface area contributed by atoms with Crippen LogP contribution in [0.2, 0.25) is 0 Å². The topological polar surface area (TPSA) is 52.9 Å². The summed E-state index contributed by atoms with van der Waals surface area (Å²) in [6.45, 7) is 3.56. The van der Waals surface area contributed by atoms with Crippen molar-refractivity contribution >= 4 is 5.69 Å². The predicted molar refractivity (Wildman–Crippen MR) is 73.5 cm³/mol. The third-order valence-electron chi connectivity index (χ3n) is 3.00. The molecule has 2 rings (SSSR count). The first-order chi connectivity index (χ1) is 8.70. The van der Waals surface area contributed by atoms with Crippen molar-refractivity contribution in [1.82, 2.24) is 9.13 Å². The van der Waals surface area contributed by atoms with E-state index in [0.717, 1.165) is 25.1 Å². The van der Waals surface area contributed by atoms with E-state index in [4.69, 9.17) is 5.73 Å². The number of aryl methyl sites for hydroxylation is 3. The molecule has 96 valence electrons.